The van der Waals surface area contributed by atoms with Crippen LogP contribution in [0.2, 0.25) is 0 Å². The summed E-state index contributed by atoms with van der Waals surface area (Å²) < 4.78 is 0. The Morgan fingerprint density at radius 1 is 1.40 bits per heavy atom. The fourth-order valence-electron chi connectivity index (χ4n) is 1.30. The highest BCUT2D eigenvalue weighted by molar-refractivity contribution is 7.98. The minimum Gasteiger partial charge on any atom is -0.378 e. The Hall–Kier alpha value is -1.00. The molecular formula is C11H12N2S2. The summed E-state index contributed by atoms with van der Waals surface area (Å²) in [7, 11) is 0. The third-order valence-electron chi connectivity index (χ3n) is 2.05. The molecule has 4 heteroatoms. The van der Waals surface area contributed by atoms with Gasteiger partial charge in [0.1, 0.15) is 0 Å². The summed E-state index contributed by atoms with van der Waals surface area (Å²) in [6.45, 7) is 0.793. The van der Waals surface area contributed by atoms with E-state index in [0.29, 0.717) is 0 Å². The largest absolute Gasteiger partial charge is 0.378 e. The molecule has 2 rings (SSSR count). The lowest BCUT2D eigenvalue weighted by Gasteiger charge is -2.08. The van der Waals surface area contributed by atoms with E-state index < -0.39 is 0 Å². The first kappa shape index (κ1) is 10.5. The van der Waals surface area contributed by atoms with Crippen LogP contribution in [0.5, 0.6) is 0 Å². The number of thioether (sulfide) groups is 1. The molecule has 78 valence electrons. The lowest BCUT2D eigenvalue weighted by Crippen LogP contribution is -2.00. The third-order valence-corrected chi connectivity index (χ3v) is 3.48. The van der Waals surface area contributed by atoms with Gasteiger partial charge in [-0.3, -0.25) is 0 Å². The zero-order valence-electron chi connectivity index (χ0n) is 8.43. The van der Waals surface area contributed by atoms with Gasteiger partial charge < -0.3 is 5.32 Å². The molecule has 0 aliphatic rings. The Kier molecular flexibility index (Phi) is 3.64. The van der Waals surface area contributed by atoms with Crippen molar-refractivity contribution < 1.29 is 0 Å². The van der Waals surface area contributed by atoms with Gasteiger partial charge in [0.25, 0.3) is 0 Å². The Labute approximate surface area is 97.8 Å². The van der Waals surface area contributed by atoms with E-state index in [4.69, 9.17) is 0 Å². The van der Waals surface area contributed by atoms with Crippen molar-refractivity contribution in [1.82, 2.24) is 4.98 Å². The van der Waals surface area contributed by atoms with Gasteiger partial charge in [0, 0.05) is 16.0 Å². The number of anilines is 1. The fraction of sp³-hybridized carbons (Fsp3) is 0.182. The third kappa shape index (κ3) is 2.73. The molecule has 0 aliphatic carbocycles. The molecule has 0 unspecified atom stereocenters. The maximum Gasteiger partial charge on any atom is 0.0795 e. The molecule has 15 heavy (non-hydrogen) atoms. The van der Waals surface area contributed by atoms with Crippen LogP contribution in [0.4, 0.5) is 5.69 Å². The maximum atomic E-state index is 4.24. The van der Waals surface area contributed by atoms with Crippen molar-refractivity contribution in [2.45, 2.75) is 11.4 Å². The molecule has 0 radical (unpaired) electrons. The summed E-state index contributed by atoms with van der Waals surface area (Å²) in [4.78, 5) is 5.51. The number of hydrogen-bond acceptors (Lipinski definition) is 4. The summed E-state index contributed by atoms with van der Waals surface area (Å²) >= 11 is 3.38. The van der Waals surface area contributed by atoms with Crippen molar-refractivity contribution in [2.75, 3.05) is 11.6 Å². The van der Waals surface area contributed by atoms with Crippen LogP contribution in [0.25, 0.3) is 0 Å². The van der Waals surface area contributed by atoms with E-state index >= 15 is 0 Å². The normalized spacial score (nSPS) is 10.2. The summed E-state index contributed by atoms with van der Waals surface area (Å²) in [6, 6.07) is 8.31. The second kappa shape index (κ2) is 5.19. The van der Waals surface area contributed by atoms with E-state index in [1.54, 1.807) is 23.1 Å². The predicted molar refractivity (Wildman–Crippen MR) is 67.7 cm³/mol. The molecule has 1 N–H and O–H groups in total. The Bertz CT molecular complexity index is 412. The van der Waals surface area contributed by atoms with Gasteiger partial charge >= 0.3 is 0 Å². The summed E-state index contributed by atoms with van der Waals surface area (Å²) in [5, 5.41) is 5.45. The Morgan fingerprint density at radius 3 is 3.00 bits per heavy atom. The van der Waals surface area contributed by atoms with E-state index in [-0.39, 0.29) is 0 Å². The molecule has 0 atom stereocenters. The Balaban J connectivity index is 2.04. The van der Waals surface area contributed by atoms with Crippen LogP contribution in [0.1, 0.15) is 5.69 Å². The predicted octanol–water partition coefficient (Wildman–Crippen LogP) is 3.48. The topological polar surface area (TPSA) is 24.9 Å². The monoisotopic (exact) mass is 236 g/mol. The standard InChI is InChI=1S/C11H12N2S2/c1-14-11-5-3-2-4-10(11)12-6-9-7-15-8-13-9/h2-5,7-8,12H,6H2,1H3. The highest BCUT2D eigenvalue weighted by Crippen LogP contribution is 2.24. The molecule has 2 nitrogen and oxygen atoms in total. The molecule has 0 spiro atoms. The number of thiazole rings is 1. The molecule has 0 fully saturated rings. The number of benzene rings is 1. The van der Waals surface area contributed by atoms with E-state index in [1.165, 1.54) is 10.6 Å². The molecule has 2 aromatic rings. The van der Waals surface area contributed by atoms with Crippen molar-refractivity contribution in [3.8, 4) is 0 Å². The summed E-state index contributed by atoms with van der Waals surface area (Å²) in [6.07, 6.45) is 2.09. The first-order chi connectivity index (χ1) is 7.40. The first-order valence-corrected chi connectivity index (χ1v) is 6.81. The molecule has 0 amide bonds. The molecule has 0 aliphatic heterocycles. The van der Waals surface area contributed by atoms with Crippen LogP contribution in [-0.4, -0.2) is 11.2 Å². The van der Waals surface area contributed by atoms with Gasteiger partial charge in [-0.1, -0.05) is 12.1 Å². The smallest absolute Gasteiger partial charge is 0.0795 e. The van der Waals surface area contributed by atoms with Gasteiger partial charge in [-0.15, -0.1) is 23.1 Å². The number of para-hydroxylation sites is 1. The molecule has 0 saturated carbocycles. The second-order valence-corrected chi connectivity index (χ2v) is 4.60. The van der Waals surface area contributed by atoms with Crippen LogP contribution in [-0.2, 0) is 6.54 Å². The van der Waals surface area contributed by atoms with E-state index in [1.807, 2.05) is 11.6 Å². The van der Waals surface area contributed by atoms with Gasteiger partial charge in [-0.05, 0) is 18.4 Å². The zero-order chi connectivity index (χ0) is 10.5. The van der Waals surface area contributed by atoms with Crippen molar-refractivity contribution in [1.29, 1.82) is 0 Å². The molecular weight excluding hydrogens is 224 g/mol. The molecule has 1 heterocycles. The van der Waals surface area contributed by atoms with Crippen molar-refractivity contribution in [3.63, 3.8) is 0 Å². The Morgan fingerprint density at radius 2 is 2.27 bits per heavy atom. The number of rotatable bonds is 4. The second-order valence-electron chi connectivity index (χ2n) is 3.03. The molecule has 0 bridgehead atoms. The minimum absolute atomic E-state index is 0.793. The fourth-order valence-corrected chi connectivity index (χ4v) is 2.43. The summed E-state index contributed by atoms with van der Waals surface area (Å²) in [5.74, 6) is 0. The SMILES string of the molecule is CSc1ccccc1NCc1cscn1. The van der Waals surface area contributed by atoms with Gasteiger partial charge in [-0.2, -0.15) is 0 Å². The number of aromatic nitrogens is 1. The van der Waals surface area contributed by atoms with Crippen molar-refractivity contribution in [2.24, 2.45) is 0 Å². The van der Waals surface area contributed by atoms with Gasteiger partial charge in [0.2, 0.25) is 0 Å². The quantitative estimate of drug-likeness (QED) is 0.823. The van der Waals surface area contributed by atoms with E-state index in [9.17, 15) is 0 Å². The number of nitrogens with zero attached hydrogens (tertiary/aromatic N) is 1. The maximum absolute atomic E-state index is 4.24. The number of hydrogen-bond donors (Lipinski definition) is 1. The molecule has 1 aromatic heterocycles. The minimum atomic E-state index is 0.793. The van der Waals surface area contributed by atoms with Crippen LogP contribution >= 0.6 is 23.1 Å². The van der Waals surface area contributed by atoms with Crippen LogP contribution in [0, 0.1) is 0 Å². The average Bonchev–Trinajstić information content (AvgIpc) is 2.79. The van der Waals surface area contributed by atoms with Gasteiger partial charge in [0.05, 0.1) is 17.7 Å². The highest BCUT2D eigenvalue weighted by Gasteiger charge is 2.00. The van der Waals surface area contributed by atoms with Gasteiger partial charge in [0.15, 0.2) is 0 Å². The van der Waals surface area contributed by atoms with Crippen molar-refractivity contribution in [3.05, 3.63) is 40.8 Å². The lowest BCUT2D eigenvalue weighted by molar-refractivity contribution is 1.06. The van der Waals surface area contributed by atoms with Crippen LogP contribution in [0.15, 0.2) is 40.1 Å². The molecule has 1 aromatic carbocycles. The van der Waals surface area contributed by atoms with Crippen LogP contribution in [0.3, 0.4) is 0 Å². The van der Waals surface area contributed by atoms with Crippen molar-refractivity contribution >= 4 is 28.8 Å². The van der Waals surface area contributed by atoms with Gasteiger partial charge in [-0.25, -0.2) is 4.98 Å². The van der Waals surface area contributed by atoms with Crippen LogP contribution < -0.4 is 5.32 Å². The lowest BCUT2D eigenvalue weighted by atomic mass is 10.3. The summed E-state index contributed by atoms with van der Waals surface area (Å²) in [5.41, 5.74) is 4.13. The zero-order valence-corrected chi connectivity index (χ0v) is 10.1. The molecule has 0 saturated heterocycles. The average molecular weight is 236 g/mol. The van der Waals surface area contributed by atoms with E-state index in [2.05, 4.69) is 40.1 Å². The first-order valence-electron chi connectivity index (χ1n) is 4.64. The number of nitrogens with one attached hydrogen (secondary N) is 1. The highest BCUT2D eigenvalue weighted by atomic mass is 32.2. The van der Waals surface area contributed by atoms with E-state index in [0.717, 1.165) is 12.2 Å².